The topological polar surface area (TPSA) is 86.5 Å². The Bertz CT molecular complexity index is 1410. The molecule has 1 saturated heterocycles. The van der Waals surface area contributed by atoms with Gasteiger partial charge in [0.05, 0.1) is 41.9 Å². The lowest BCUT2D eigenvalue weighted by molar-refractivity contribution is -0.139. The predicted octanol–water partition coefficient (Wildman–Crippen LogP) is 4.48. The number of hydrogen-bond acceptors (Lipinski definition) is 6. The van der Waals surface area contributed by atoms with Gasteiger partial charge in [-0.2, -0.15) is 13.2 Å². The SMILES string of the molecule is COC(=O)c1ccc2nc(Cc3ccc4cc(C(F)(F)F)c(O)nc4c3)n(C[C@@H]3CCO3)c2c1. The van der Waals surface area contributed by atoms with Crippen molar-refractivity contribution in [3.8, 4) is 5.88 Å². The molecule has 2 aromatic carbocycles. The number of imidazole rings is 1. The van der Waals surface area contributed by atoms with E-state index in [1.165, 1.54) is 7.11 Å². The first-order valence-electron chi connectivity index (χ1n) is 10.6. The minimum absolute atomic E-state index is 0.0361. The van der Waals surface area contributed by atoms with Gasteiger partial charge in [0.1, 0.15) is 11.4 Å². The second-order valence-corrected chi connectivity index (χ2v) is 8.18. The van der Waals surface area contributed by atoms with Crippen molar-refractivity contribution in [2.45, 2.75) is 31.7 Å². The third-order valence-electron chi connectivity index (χ3n) is 5.96. The van der Waals surface area contributed by atoms with Crippen molar-refractivity contribution < 1.29 is 32.5 Å². The van der Waals surface area contributed by atoms with E-state index in [1.54, 1.807) is 36.4 Å². The second kappa shape index (κ2) is 8.28. The van der Waals surface area contributed by atoms with E-state index in [0.29, 0.717) is 36.5 Å². The maximum Gasteiger partial charge on any atom is 0.421 e. The summed E-state index contributed by atoms with van der Waals surface area (Å²) < 4.78 is 51.7. The molecule has 1 aliphatic rings. The number of aromatic nitrogens is 3. The molecule has 4 aromatic rings. The van der Waals surface area contributed by atoms with E-state index in [4.69, 9.17) is 14.5 Å². The molecule has 5 rings (SSSR count). The van der Waals surface area contributed by atoms with Gasteiger partial charge in [0.25, 0.3) is 0 Å². The van der Waals surface area contributed by atoms with Gasteiger partial charge in [0.15, 0.2) is 0 Å². The summed E-state index contributed by atoms with van der Waals surface area (Å²) in [6.07, 6.45) is -3.37. The largest absolute Gasteiger partial charge is 0.493 e. The highest BCUT2D eigenvalue weighted by molar-refractivity contribution is 5.93. The van der Waals surface area contributed by atoms with E-state index < -0.39 is 23.6 Å². The molecule has 2 aromatic heterocycles. The molecule has 1 fully saturated rings. The molecular formula is C24H20F3N3O4. The van der Waals surface area contributed by atoms with Crippen molar-refractivity contribution >= 4 is 27.9 Å². The normalized spacial score (nSPS) is 16.1. The molecule has 0 unspecified atom stereocenters. The Morgan fingerprint density at radius 3 is 2.65 bits per heavy atom. The van der Waals surface area contributed by atoms with E-state index in [-0.39, 0.29) is 17.0 Å². The molecular weight excluding hydrogens is 451 g/mol. The highest BCUT2D eigenvalue weighted by atomic mass is 19.4. The second-order valence-electron chi connectivity index (χ2n) is 8.18. The number of esters is 1. The van der Waals surface area contributed by atoms with Crippen LogP contribution >= 0.6 is 0 Å². The van der Waals surface area contributed by atoms with Gasteiger partial charge in [0, 0.05) is 18.4 Å². The van der Waals surface area contributed by atoms with Gasteiger partial charge in [-0.25, -0.2) is 14.8 Å². The molecule has 0 aliphatic carbocycles. The van der Waals surface area contributed by atoms with Gasteiger partial charge in [-0.3, -0.25) is 0 Å². The summed E-state index contributed by atoms with van der Waals surface area (Å²) in [6.45, 7) is 1.25. The van der Waals surface area contributed by atoms with Gasteiger partial charge in [0.2, 0.25) is 5.88 Å². The van der Waals surface area contributed by atoms with Gasteiger partial charge >= 0.3 is 12.1 Å². The molecule has 1 N–H and O–H groups in total. The number of pyridine rings is 1. The number of alkyl halides is 3. The Labute approximate surface area is 191 Å². The molecule has 0 saturated carbocycles. The maximum atomic E-state index is 13.1. The average molecular weight is 471 g/mol. The summed E-state index contributed by atoms with van der Waals surface area (Å²) in [4.78, 5) is 20.5. The third kappa shape index (κ3) is 4.05. The smallest absolute Gasteiger partial charge is 0.421 e. The number of ether oxygens (including phenoxy) is 2. The van der Waals surface area contributed by atoms with Crippen LogP contribution in [0.2, 0.25) is 0 Å². The molecule has 0 radical (unpaired) electrons. The van der Waals surface area contributed by atoms with Crippen LogP contribution in [0.3, 0.4) is 0 Å². The fraction of sp³-hybridized carbons (Fsp3) is 0.292. The van der Waals surface area contributed by atoms with Gasteiger partial charge in [-0.05, 0) is 42.3 Å². The molecule has 1 aliphatic heterocycles. The third-order valence-corrected chi connectivity index (χ3v) is 5.96. The van der Waals surface area contributed by atoms with Crippen LogP contribution in [0.15, 0.2) is 42.5 Å². The molecule has 0 amide bonds. The number of methoxy groups -OCH3 is 1. The quantitative estimate of drug-likeness (QED) is 0.432. The molecule has 3 heterocycles. The maximum absolute atomic E-state index is 13.1. The van der Waals surface area contributed by atoms with Crippen LogP contribution in [0.4, 0.5) is 13.2 Å². The number of rotatable bonds is 5. The first-order valence-corrected chi connectivity index (χ1v) is 10.6. The Hall–Kier alpha value is -3.66. The number of fused-ring (bicyclic) bond motifs is 2. The average Bonchev–Trinajstić information content (AvgIpc) is 3.10. The number of halogens is 3. The Morgan fingerprint density at radius 2 is 1.97 bits per heavy atom. The van der Waals surface area contributed by atoms with Crippen LogP contribution in [0.5, 0.6) is 5.88 Å². The first-order chi connectivity index (χ1) is 16.2. The summed E-state index contributed by atoms with van der Waals surface area (Å²) >= 11 is 0. The molecule has 7 nitrogen and oxygen atoms in total. The van der Waals surface area contributed by atoms with Crippen LogP contribution in [0, 0.1) is 0 Å². The fourth-order valence-electron chi connectivity index (χ4n) is 4.09. The van der Waals surface area contributed by atoms with Crippen LogP contribution in [0.25, 0.3) is 21.9 Å². The molecule has 10 heteroatoms. The van der Waals surface area contributed by atoms with Crippen LogP contribution < -0.4 is 0 Å². The standard InChI is InChI=1S/C24H20F3N3O4/c1-33-23(32)15-4-5-18-20(11-15)30(12-16-6-7-34-16)21(28-18)9-13-2-3-14-10-17(24(25,26)27)22(31)29-19(14)8-13/h2-5,8,10-11,16H,6-7,9,12H2,1H3,(H,29,31)/t16-/m0/s1. The predicted molar refractivity (Wildman–Crippen MR) is 117 cm³/mol. The zero-order valence-corrected chi connectivity index (χ0v) is 18.1. The van der Waals surface area contributed by atoms with Crippen molar-refractivity contribution in [2.24, 2.45) is 0 Å². The lowest BCUT2D eigenvalue weighted by Gasteiger charge is -2.27. The molecule has 0 spiro atoms. The van der Waals surface area contributed by atoms with Gasteiger partial charge < -0.3 is 19.1 Å². The summed E-state index contributed by atoms with van der Waals surface area (Å²) in [5, 5.41) is 10.1. The number of carbonyl (C=O) groups excluding carboxylic acids is 1. The van der Waals surface area contributed by atoms with Gasteiger partial charge in [-0.15, -0.1) is 0 Å². The highest BCUT2D eigenvalue weighted by Gasteiger charge is 2.35. The lowest BCUT2D eigenvalue weighted by atomic mass is 10.1. The van der Waals surface area contributed by atoms with E-state index in [0.717, 1.165) is 23.6 Å². The Balaban J connectivity index is 1.54. The minimum Gasteiger partial charge on any atom is -0.493 e. The Kier molecular flexibility index (Phi) is 5.40. The van der Waals surface area contributed by atoms with Crippen LogP contribution in [-0.2, 0) is 28.6 Å². The van der Waals surface area contributed by atoms with E-state index in [9.17, 15) is 23.1 Å². The Morgan fingerprint density at radius 1 is 1.18 bits per heavy atom. The minimum atomic E-state index is -4.69. The number of nitrogens with zero attached hydrogens (tertiary/aromatic N) is 3. The summed E-state index contributed by atoms with van der Waals surface area (Å²) in [7, 11) is 1.32. The van der Waals surface area contributed by atoms with Crippen molar-refractivity contribution in [2.75, 3.05) is 13.7 Å². The van der Waals surface area contributed by atoms with Crippen molar-refractivity contribution in [3.63, 3.8) is 0 Å². The zero-order chi connectivity index (χ0) is 24.0. The van der Waals surface area contributed by atoms with Crippen molar-refractivity contribution in [1.82, 2.24) is 14.5 Å². The number of benzene rings is 2. The van der Waals surface area contributed by atoms with E-state index in [2.05, 4.69) is 4.98 Å². The fourth-order valence-corrected chi connectivity index (χ4v) is 4.09. The molecule has 34 heavy (non-hydrogen) atoms. The summed E-state index contributed by atoms with van der Waals surface area (Å²) in [5.41, 5.74) is 1.71. The van der Waals surface area contributed by atoms with E-state index >= 15 is 0 Å². The van der Waals surface area contributed by atoms with Crippen molar-refractivity contribution in [1.29, 1.82) is 0 Å². The number of carbonyl (C=O) groups is 1. The summed E-state index contributed by atoms with van der Waals surface area (Å²) in [6, 6.07) is 10.9. The molecule has 176 valence electrons. The van der Waals surface area contributed by atoms with Crippen LogP contribution in [0.1, 0.15) is 33.7 Å². The molecule has 0 bridgehead atoms. The molecule has 1 atom stereocenters. The highest BCUT2D eigenvalue weighted by Crippen LogP contribution is 2.36. The van der Waals surface area contributed by atoms with Crippen molar-refractivity contribution in [3.05, 3.63) is 65.0 Å². The number of aromatic hydroxyl groups is 1. The van der Waals surface area contributed by atoms with E-state index in [1.807, 2.05) is 4.57 Å². The summed E-state index contributed by atoms with van der Waals surface area (Å²) in [5.74, 6) is -0.792. The van der Waals surface area contributed by atoms with Crippen LogP contribution in [-0.4, -0.2) is 45.4 Å². The van der Waals surface area contributed by atoms with Gasteiger partial charge in [-0.1, -0.05) is 12.1 Å². The zero-order valence-electron chi connectivity index (χ0n) is 18.1. The monoisotopic (exact) mass is 471 g/mol. The lowest BCUT2D eigenvalue weighted by Crippen LogP contribution is -2.31. The first kappa shape index (κ1) is 22.1. The number of hydrogen-bond donors (Lipinski definition) is 1.